The maximum atomic E-state index is 11.5. The summed E-state index contributed by atoms with van der Waals surface area (Å²) < 4.78 is 32.1. The maximum absolute atomic E-state index is 11.5. The lowest BCUT2D eigenvalue weighted by Crippen LogP contribution is -2.41. The molecule has 5 atom stereocenters. The second-order valence-corrected chi connectivity index (χ2v) is 6.11. The Bertz CT molecular complexity index is 335. The average molecular weight is 265 g/mol. The van der Waals surface area contributed by atoms with E-state index in [-0.39, 0.29) is 18.3 Å². The van der Waals surface area contributed by atoms with E-state index >= 15 is 0 Å². The third-order valence-corrected chi connectivity index (χ3v) is 4.57. The first kappa shape index (κ1) is 13.5. The second-order valence-electron chi connectivity index (χ2n) is 4.67. The number of phosphoric ester groups is 1. The van der Waals surface area contributed by atoms with Crippen molar-refractivity contribution in [3.8, 4) is 0 Å². The molecule has 0 amide bonds. The molecular weight excluding hydrogens is 247 g/mol. The van der Waals surface area contributed by atoms with Crippen LogP contribution in [-0.4, -0.2) is 38.1 Å². The zero-order chi connectivity index (χ0) is 12.7. The van der Waals surface area contributed by atoms with Gasteiger partial charge in [-0.05, 0) is 19.8 Å². The Labute approximate surface area is 101 Å². The first-order valence-electron chi connectivity index (χ1n) is 5.68. The van der Waals surface area contributed by atoms with Crippen LogP contribution in [-0.2, 0) is 23.1 Å². The Morgan fingerprint density at radius 1 is 1.47 bits per heavy atom. The van der Waals surface area contributed by atoms with E-state index in [1.807, 2.05) is 6.92 Å². The Hall–Kier alpha value is 0.0300. The Balaban J connectivity index is 2.19. The summed E-state index contributed by atoms with van der Waals surface area (Å²) in [6.07, 6.45) is 1.41. The van der Waals surface area contributed by atoms with Crippen LogP contribution in [0, 0.1) is 0 Å². The number of methoxy groups -OCH3 is 1. The lowest BCUT2D eigenvalue weighted by Gasteiger charge is -2.34. The fraction of sp³-hybridized carbons (Fsp3) is 1.00. The maximum Gasteiger partial charge on any atom is 0.268 e. The molecule has 0 aromatic rings. The highest BCUT2D eigenvalue weighted by Crippen LogP contribution is 2.54. The SMILES string of the molecule is CO[C@H]1CCC2(OP(=O)([O-])OC)C[C@H](C)OC12. The summed E-state index contributed by atoms with van der Waals surface area (Å²) >= 11 is 0. The molecule has 17 heavy (non-hydrogen) atoms. The average Bonchev–Trinajstić information content (AvgIpc) is 2.71. The minimum atomic E-state index is -4.25. The van der Waals surface area contributed by atoms with Crippen LogP contribution in [0.2, 0.25) is 0 Å². The number of fused-ring (bicyclic) bond motifs is 1. The van der Waals surface area contributed by atoms with Gasteiger partial charge in [0.25, 0.3) is 7.82 Å². The third-order valence-electron chi connectivity index (χ3n) is 3.54. The first-order chi connectivity index (χ1) is 7.92. The smallest absolute Gasteiger partial charge is 0.268 e. The van der Waals surface area contributed by atoms with Crippen LogP contribution in [0.15, 0.2) is 0 Å². The number of rotatable bonds is 4. The Kier molecular flexibility index (Phi) is 3.65. The molecule has 0 radical (unpaired) electrons. The molecule has 1 heterocycles. The first-order valence-corrected chi connectivity index (χ1v) is 7.14. The van der Waals surface area contributed by atoms with E-state index in [4.69, 9.17) is 14.0 Å². The van der Waals surface area contributed by atoms with Gasteiger partial charge in [-0.1, -0.05) is 0 Å². The predicted molar refractivity (Wildman–Crippen MR) is 57.4 cm³/mol. The Morgan fingerprint density at radius 3 is 2.76 bits per heavy atom. The van der Waals surface area contributed by atoms with Crippen LogP contribution in [0.3, 0.4) is 0 Å². The molecule has 0 aromatic heterocycles. The van der Waals surface area contributed by atoms with Crippen molar-refractivity contribution in [2.45, 2.75) is 50.1 Å². The van der Waals surface area contributed by atoms with Gasteiger partial charge in [-0.25, -0.2) is 0 Å². The van der Waals surface area contributed by atoms with E-state index in [2.05, 4.69) is 4.52 Å². The van der Waals surface area contributed by atoms with Crippen LogP contribution in [0.1, 0.15) is 26.2 Å². The molecule has 1 saturated heterocycles. The largest absolute Gasteiger partial charge is 0.756 e. The van der Waals surface area contributed by atoms with Crippen molar-refractivity contribution in [1.29, 1.82) is 0 Å². The summed E-state index contributed by atoms with van der Waals surface area (Å²) in [5.74, 6) is 0. The second kappa shape index (κ2) is 4.61. The Morgan fingerprint density at radius 2 is 2.18 bits per heavy atom. The van der Waals surface area contributed by atoms with Crippen molar-refractivity contribution in [2.75, 3.05) is 14.2 Å². The summed E-state index contributed by atoms with van der Waals surface area (Å²) in [6, 6.07) is 0. The number of hydrogen-bond donors (Lipinski definition) is 0. The van der Waals surface area contributed by atoms with Crippen molar-refractivity contribution in [3.63, 3.8) is 0 Å². The standard InChI is InChI=1S/C10H19O6P/c1-7-6-10(16-17(11,12)14-3)5-4-8(13-2)9(10)15-7/h7-9H,4-6H2,1-3H3,(H,11,12)/p-1/t7-,8-,9?,10?/m0/s1. The minimum absolute atomic E-state index is 0.0326. The highest BCUT2D eigenvalue weighted by Gasteiger charge is 2.57. The fourth-order valence-electron chi connectivity index (χ4n) is 2.87. The van der Waals surface area contributed by atoms with Crippen LogP contribution >= 0.6 is 7.82 Å². The van der Waals surface area contributed by atoms with E-state index in [0.717, 1.165) is 13.5 Å². The molecule has 1 aliphatic carbocycles. The fourth-order valence-corrected chi connectivity index (χ4v) is 3.66. The summed E-state index contributed by atoms with van der Waals surface area (Å²) in [5.41, 5.74) is -0.812. The molecule has 3 unspecified atom stereocenters. The summed E-state index contributed by atoms with van der Waals surface area (Å²) in [7, 11) is -1.55. The molecule has 7 heteroatoms. The van der Waals surface area contributed by atoms with E-state index < -0.39 is 13.4 Å². The van der Waals surface area contributed by atoms with Gasteiger partial charge in [0.2, 0.25) is 0 Å². The summed E-state index contributed by atoms with van der Waals surface area (Å²) in [5, 5.41) is 0. The van der Waals surface area contributed by atoms with Gasteiger partial charge >= 0.3 is 0 Å². The van der Waals surface area contributed by atoms with Crippen molar-refractivity contribution < 1.29 is 28.0 Å². The molecule has 0 N–H and O–H groups in total. The molecule has 0 aromatic carbocycles. The van der Waals surface area contributed by atoms with Crippen LogP contribution in [0.4, 0.5) is 0 Å². The molecule has 0 bridgehead atoms. The number of ether oxygens (including phenoxy) is 2. The third kappa shape index (κ3) is 2.43. The number of hydrogen-bond acceptors (Lipinski definition) is 6. The van der Waals surface area contributed by atoms with Crippen molar-refractivity contribution in [2.24, 2.45) is 0 Å². The summed E-state index contributed by atoms with van der Waals surface area (Å²) in [4.78, 5) is 11.5. The monoisotopic (exact) mass is 265 g/mol. The molecule has 2 rings (SSSR count). The molecule has 6 nitrogen and oxygen atoms in total. The van der Waals surface area contributed by atoms with E-state index in [0.29, 0.717) is 12.8 Å². The van der Waals surface area contributed by atoms with Crippen LogP contribution in [0.25, 0.3) is 0 Å². The van der Waals surface area contributed by atoms with Crippen LogP contribution in [0.5, 0.6) is 0 Å². The van der Waals surface area contributed by atoms with E-state index in [1.54, 1.807) is 7.11 Å². The van der Waals surface area contributed by atoms with Crippen molar-refractivity contribution in [1.82, 2.24) is 0 Å². The highest BCUT2D eigenvalue weighted by atomic mass is 31.2. The van der Waals surface area contributed by atoms with E-state index in [9.17, 15) is 9.46 Å². The van der Waals surface area contributed by atoms with Crippen molar-refractivity contribution in [3.05, 3.63) is 0 Å². The zero-order valence-electron chi connectivity index (χ0n) is 10.3. The molecule has 1 saturated carbocycles. The lowest BCUT2D eigenvalue weighted by atomic mass is 9.96. The lowest BCUT2D eigenvalue weighted by molar-refractivity contribution is -0.236. The minimum Gasteiger partial charge on any atom is -0.756 e. The molecule has 1 aliphatic heterocycles. The predicted octanol–water partition coefficient (Wildman–Crippen LogP) is 0.843. The van der Waals surface area contributed by atoms with Gasteiger partial charge in [0.1, 0.15) is 11.7 Å². The van der Waals surface area contributed by atoms with Gasteiger partial charge in [0, 0.05) is 20.6 Å². The summed E-state index contributed by atoms with van der Waals surface area (Å²) in [6.45, 7) is 1.90. The van der Waals surface area contributed by atoms with Gasteiger partial charge in [-0.3, -0.25) is 4.57 Å². The number of phosphoric acid groups is 1. The van der Waals surface area contributed by atoms with Crippen molar-refractivity contribution >= 4 is 7.82 Å². The topological polar surface area (TPSA) is 77.1 Å². The van der Waals surface area contributed by atoms with Gasteiger partial charge in [0.05, 0.1) is 12.2 Å². The molecule has 100 valence electrons. The molecule has 2 aliphatic rings. The zero-order valence-corrected chi connectivity index (χ0v) is 11.1. The van der Waals surface area contributed by atoms with Gasteiger partial charge < -0.3 is 23.4 Å². The van der Waals surface area contributed by atoms with E-state index in [1.165, 1.54) is 0 Å². The normalized spacial score (nSPS) is 44.6. The van der Waals surface area contributed by atoms with Crippen LogP contribution < -0.4 is 4.89 Å². The molecule has 2 fully saturated rings. The van der Waals surface area contributed by atoms with Gasteiger partial charge in [-0.15, -0.1) is 0 Å². The highest BCUT2D eigenvalue weighted by molar-refractivity contribution is 7.45. The molecule has 0 spiro atoms. The van der Waals surface area contributed by atoms with Gasteiger partial charge in [-0.2, -0.15) is 0 Å². The quantitative estimate of drug-likeness (QED) is 0.701. The van der Waals surface area contributed by atoms with Gasteiger partial charge in [0.15, 0.2) is 0 Å². The molecular formula is C10H18O6P-.